The summed E-state index contributed by atoms with van der Waals surface area (Å²) in [5.74, 6) is -1.03. The first kappa shape index (κ1) is 15.1. The largest absolute Gasteiger partial charge is 0.477 e. The molecular formula is C11H11Cl3N2O2. The maximum Gasteiger partial charge on any atom is 0.352 e. The first-order chi connectivity index (χ1) is 8.04. The Labute approximate surface area is 119 Å². The third-order valence-corrected chi connectivity index (χ3v) is 3.06. The zero-order chi connectivity index (χ0) is 12.6. The summed E-state index contributed by atoms with van der Waals surface area (Å²) in [7, 11) is 0. The molecule has 0 radical (unpaired) electrons. The van der Waals surface area contributed by atoms with Crippen molar-refractivity contribution < 1.29 is 9.90 Å². The van der Waals surface area contributed by atoms with E-state index in [2.05, 4.69) is 4.98 Å². The van der Waals surface area contributed by atoms with E-state index in [4.69, 9.17) is 34.0 Å². The predicted molar refractivity (Wildman–Crippen MR) is 75.3 cm³/mol. The van der Waals surface area contributed by atoms with Crippen molar-refractivity contribution >= 4 is 52.5 Å². The number of fused-ring (bicyclic) bond motifs is 1. The van der Waals surface area contributed by atoms with E-state index < -0.39 is 5.97 Å². The van der Waals surface area contributed by atoms with Gasteiger partial charge in [0.2, 0.25) is 0 Å². The van der Waals surface area contributed by atoms with Crippen molar-refractivity contribution in [2.75, 3.05) is 6.54 Å². The number of carboxylic acid groups (broad SMARTS) is 1. The topological polar surface area (TPSA) is 79.1 Å². The smallest absolute Gasteiger partial charge is 0.352 e. The van der Waals surface area contributed by atoms with Crippen LogP contribution in [0.25, 0.3) is 10.9 Å². The van der Waals surface area contributed by atoms with E-state index in [9.17, 15) is 4.79 Å². The molecule has 0 amide bonds. The Balaban J connectivity index is 0.00000162. The summed E-state index contributed by atoms with van der Waals surface area (Å²) >= 11 is 11.9. The quantitative estimate of drug-likeness (QED) is 0.815. The lowest BCUT2D eigenvalue weighted by Crippen LogP contribution is -2.07. The number of halogens is 3. The monoisotopic (exact) mass is 308 g/mol. The van der Waals surface area contributed by atoms with Crippen LogP contribution in [-0.2, 0) is 6.42 Å². The Bertz CT molecular complexity index is 595. The van der Waals surface area contributed by atoms with Gasteiger partial charge in [-0.3, -0.25) is 0 Å². The maximum atomic E-state index is 11.1. The van der Waals surface area contributed by atoms with E-state index in [0.29, 0.717) is 39.5 Å². The van der Waals surface area contributed by atoms with Crippen LogP contribution in [0.15, 0.2) is 12.1 Å². The molecule has 0 aliphatic carbocycles. The lowest BCUT2D eigenvalue weighted by atomic mass is 10.1. The summed E-state index contributed by atoms with van der Waals surface area (Å²) in [6.07, 6.45) is 0.457. The number of hydrogen-bond donors (Lipinski definition) is 3. The minimum atomic E-state index is -1.03. The second kappa shape index (κ2) is 5.80. The number of carboxylic acids is 1. The molecule has 4 nitrogen and oxygen atoms in total. The molecule has 0 spiro atoms. The fourth-order valence-electron chi connectivity index (χ4n) is 1.86. The molecule has 1 aromatic carbocycles. The molecule has 98 valence electrons. The van der Waals surface area contributed by atoms with Crippen LogP contribution >= 0.6 is 35.6 Å². The van der Waals surface area contributed by atoms with Crippen LogP contribution < -0.4 is 5.73 Å². The summed E-state index contributed by atoms with van der Waals surface area (Å²) < 4.78 is 0. The molecule has 4 N–H and O–H groups in total. The van der Waals surface area contributed by atoms with Gasteiger partial charge in [0.25, 0.3) is 0 Å². The Hall–Kier alpha value is -0.940. The first-order valence-corrected chi connectivity index (χ1v) is 5.73. The molecule has 7 heteroatoms. The molecule has 2 rings (SSSR count). The number of benzene rings is 1. The van der Waals surface area contributed by atoms with E-state index >= 15 is 0 Å². The molecule has 0 fully saturated rings. The molecule has 0 unspecified atom stereocenters. The van der Waals surface area contributed by atoms with Gasteiger partial charge in [-0.2, -0.15) is 0 Å². The summed E-state index contributed by atoms with van der Waals surface area (Å²) in [5, 5.41) is 10.7. The number of rotatable bonds is 3. The molecule has 0 aliphatic rings. The SMILES string of the molecule is Cl.NCCc1c(C(=O)O)[nH]c2c(Cl)cc(Cl)cc12. The highest BCUT2D eigenvalue weighted by Gasteiger charge is 2.18. The standard InChI is InChI=1S/C11H10Cl2N2O2.ClH/c12-5-3-7-6(1-2-14)10(11(16)17)15-9(7)8(13)4-5;/h3-4,15H,1-2,14H2,(H,16,17);1H. The van der Waals surface area contributed by atoms with Gasteiger partial charge in [-0.1, -0.05) is 23.2 Å². The van der Waals surface area contributed by atoms with Crippen molar-refractivity contribution in [1.29, 1.82) is 0 Å². The molecule has 0 bridgehead atoms. The highest BCUT2D eigenvalue weighted by molar-refractivity contribution is 6.38. The van der Waals surface area contributed by atoms with Crippen LogP contribution in [0.3, 0.4) is 0 Å². The minimum Gasteiger partial charge on any atom is -0.477 e. The molecule has 0 saturated heterocycles. The average Bonchev–Trinajstić information content (AvgIpc) is 2.58. The van der Waals surface area contributed by atoms with Gasteiger partial charge in [0.05, 0.1) is 10.5 Å². The summed E-state index contributed by atoms with van der Waals surface area (Å²) in [6, 6.07) is 3.26. The summed E-state index contributed by atoms with van der Waals surface area (Å²) in [4.78, 5) is 13.9. The highest BCUT2D eigenvalue weighted by Crippen LogP contribution is 2.31. The molecular weight excluding hydrogens is 298 g/mol. The van der Waals surface area contributed by atoms with Gasteiger partial charge in [-0.05, 0) is 30.7 Å². The molecule has 0 atom stereocenters. The van der Waals surface area contributed by atoms with Gasteiger partial charge < -0.3 is 15.8 Å². The highest BCUT2D eigenvalue weighted by atomic mass is 35.5. The van der Waals surface area contributed by atoms with Crippen LogP contribution in [0.5, 0.6) is 0 Å². The first-order valence-electron chi connectivity index (χ1n) is 4.97. The van der Waals surface area contributed by atoms with Crippen molar-refractivity contribution in [3.8, 4) is 0 Å². The third-order valence-electron chi connectivity index (χ3n) is 2.54. The van der Waals surface area contributed by atoms with E-state index in [1.165, 1.54) is 0 Å². The minimum absolute atomic E-state index is 0. The van der Waals surface area contributed by atoms with Crippen LogP contribution in [-0.4, -0.2) is 22.6 Å². The second-order valence-electron chi connectivity index (χ2n) is 3.63. The number of carbonyl (C=O) groups is 1. The van der Waals surface area contributed by atoms with Crippen LogP contribution in [0.4, 0.5) is 0 Å². The van der Waals surface area contributed by atoms with E-state index in [-0.39, 0.29) is 18.1 Å². The molecule has 1 heterocycles. The van der Waals surface area contributed by atoms with Crippen molar-refractivity contribution in [3.05, 3.63) is 33.4 Å². The zero-order valence-corrected chi connectivity index (χ0v) is 11.5. The van der Waals surface area contributed by atoms with Crippen LogP contribution in [0.1, 0.15) is 16.1 Å². The fourth-order valence-corrected chi connectivity index (χ4v) is 2.40. The number of aromatic carboxylic acids is 1. The van der Waals surface area contributed by atoms with Gasteiger partial charge in [-0.15, -0.1) is 12.4 Å². The molecule has 2 aromatic rings. The number of H-pyrrole nitrogens is 1. The Morgan fingerprint density at radius 2 is 2.06 bits per heavy atom. The Morgan fingerprint density at radius 1 is 1.39 bits per heavy atom. The van der Waals surface area contributed by atoms with Crippen molar-refractivity contribution in [3.63, 3.8) is 0 Å². The molecule has 0 aliphatic heterocycles. The lowest BCUT2D eigenvalue weighted by molar-refractivity contribution is 0.0690. The van der Waals surface area contributed by atoms with Crippen LogP contribution in [0.2, 0.25) is 10.0 Å². The fraction of sp³-hybridized carbons (Fsp3) is 0.182. The van der Waals surface area contributed by atoms with Crippen LogP contribution in [0, 0.1) is 0 Å². The number of aromatic nitrogens is 1. The average molecular weight is 310 g/mol. The molecule has 18 heavy (non-hydrogen) atoms. The predicted octanol–water partition coefficient (Wildman–Crippen LogP) is 3.10. The number of aromatic amines is 1. The van der Waals surface area contributed by atoms with Gasteiger partial charge in [0.15, 0.2) is 0 Å². The maximum absolute atomic E-state index is 11.1. The zero-order valence-electron chi connectivity index (χ0n) is 9.17. The van der Waals surface area contributed by atoms with E-state index in [1.807, 2.05) is 0 Å². The van der Waals surface area contributed by atoms with Gasteiger partial charge in [-0.25, -0.2) is 4.79 Å². The van der Waals surface area contributed by atoms with Crippen molar-refractivity contribution in [2.45, 2.75) is 6.42 Å². The summed E-state index contributed by atoms with van der Waals surface area (Å²) in [5.41, 5.74) is 6.82. The van der Waals surface area contributed by atoms with Gasteiger partial charge in [0.1, 0.15) is 5.69 Å². The number of hydrogen-bond acceptors (Lipinski definition) is 2. The molecule has 0 saturated carbocycles. The van der Waals surface area contributed by atoms with E-state index in [0.717, 1.165) is 0 Å². The Kier molecular flexibility index (Phi) is 4.87. The van der Waals surface area contributed by atoms with Crippen molar-refractivity contribution in [1.82, 2.24) is 4.98 Å². The van der Waals surface area contributed by atoms with Gasteiger partial charge >= 0.3 is 5.97 Å². The third kappa shape index (κ3) is 2.57. The summed E-state index contributed by atoms with van der Waals surface area (Å²) in [6.45, 7) is 0.358. The lowest BCUT2D eigenvalue weighted by Gasteiger charge is -1.99. The Morgan fingerprint density at radius 3 is 2.61 bits per heavy atom. The number of nitrogens with two attached hydrogens (primary N) is 1. The number of nitrogens with one attached hydrogen (secondary N) is 1. The normalized spacial score (nSPS) is 10.4. The second-order valence-corrected chi connectivity index (χ2v) is 4.48. The van der Waals surface area contributed by atoms with Crippen molar-refractivity contribution in [2.24, 2.45) is 5.73 Å². The van der Waals surface area contributed by atoms with Gasteiger partial charge in [0, 0.05) is 10.4 Å². The molecule has 1 aromatic heterocycles. The van der Waals surface area contributed by atoms with E-state index in [1.54, 1.807) is 12.1 Å².